The summed E-state index contributed by atoms with van der Waals surface area (Å²) in [6.45, 7) is 4.13. The Morgan fingerprint density at radius 1 is 1.03 bits per heavy atom. The van der Waals surface area contributed by atoms with Gasteiger partial charge in [-0.3, -0.25) is 14.3 Å². The van der Waals surface area contributed by atoms with Gasteiger partial charge in [0, 0.05) is 25.3 Å². The van der Waals surface area contributed by atoms with Crippen LogP contribution in [0.5, 0.6) is 5.88 Å². The van der Waals surface area contributed by atoms with Crippen LogP contribution in [0.25, 0.3) is 11.1 Å². The fourth-order valence-corrected chi connectivity index (χ4v) is 5.71. The zero-order valence-electron chi connectivity index (χ0n) is 21.9. The van der Waals surface area contributed by atoms with E-state index in [4.69, 9.17) is 4.74 Å². The molecular weight excluding hydrogens is 521 g/mol. The second-order valence-corrected chi connectivity index (χ2v) is 11.5. The fourth-order valence-electron chi connectivity index (χ4n) is 4.37. The number of aromatic nitrogens is 3. The summed E-state index contributed by atoms with van der Waals surface area (Å²) in [6, 6.07) is 15.3. The van der Waals surface area contributed by atoms with Gasteiger partial charge in [0.1, 0.15) is 11.6 Å². The zero-order chi connectivity index (χ0) is 28.2. The molecule has 0 amide bonds. The van der Waals surface area contributed by atoms with Crippen molar-refractivity contribution in [3.05, 3.63) is 101 Å². The van der Waals surface area contributed by atoms with Crippen molar-refractivity contribution in [3.63, 3.8) is 0 Å². The van der Waals surface area contributed by atoms with Crippen LogP contribution in [0, 0.1) is 11.7 Å². The van der Waals surface area contributed by atoms with Crippen molar-refractivity contribution in [3.8, 4) is 17.0 Å². The van der Waals surface area contributed by atoms with Gasteiger partial charge in [0.2, 0.25) is 15.7 Å². The number of halogens is 1. The molecule has 10 heteroatoms. The predicted molar refractivity (Wildman–Crippen MR) is 145 cm³/mol. The predicted octanol–water partition coefficient (Wildman–Crippen LogP) is 4.81. The van der Waals surface area contributed by atoms with Gasteiger partial charge in [0.15, 0.2) is 4.90 Å². The van der Waals surface area contributed by atoms with Crippen LogP contribution < -0.4 is 5.56 Å². The van der Waals surface area contributed by atoms with E-state index >= 15 is 0 Å². The van der Waals surface area contributed by atoms with Crippen LogP contribution in [-0.2, 0) is 21.0 Å². The number of hydrogen-bond donors (Lipinski definition) is 1. The molecule has 2 aromatic carbocycles. The monoisotopic (exact) mass is 551 g/mol. The van der Waals surface area contributed by atoms with E-state index in [1.165, 1.54) is 48.2 Å². The van der Waals surface area contributed by atoms with Crippen molar-refractivity contribution < 1.29 is 22.7 Å². The molecule has 0 aliphatic heterocycles. The highest BCUT2D eigenvalue weighted by molar-refractivity contribution is 7.91. The highest BCUT2D eigenvalue weighted by atomic mass is 32.2. The molecule has 8 nitrogen and oxygen atoms in total. The lowest BCUT2D eigenvalue weighted by Crippen LogP contribution is -2.35. The van der Waals surface area contributed by atoms with Crippen LogP contribution in [-0.4, -0.2) is 41.8 Å². The topological polar surface area (TPSA) is 111 Å². The Morgan fingerprint density at radius 3 is 2.33 bits per heavy atom. The maximum Gasteiger partial charge on any atom is 0.277 e. The van der Waals surface area contributed by atoms with E-state index in [1.807, 2.05) is 44.2 Å². The molecular formula is C29H30FN3O5S. The second-order valence-electron chi connectivity index (χ2n) is 9.59. The molecule has 0 radical (unpaired) electrons. The van der Waals surface area contributed by atoms with Crippen LogP contribution in [0.2, 0.25) is 0 Å². The summed E-state index contributed by atoms with van der Waals surface area (Å²) in [7, 11) is -2.99. The standard InChI is InChI=1S/C29H30FN3O5S/c1-19(2)9-14-26-32-28(34)27(29(35)33(26)25(18-38-3)21-7-5-4-6-8-21)39(36,37)24-12-10-20(11-13-24)22-15-23(30)17-31-16-22/h4-8,10-13,15-17,19,25,34H,9,14,18H2,1-3H3/t25-/m0/s1. The minimum absolute atomic E-state index is 0.0842. The number of ether oxygens (including phenoxy) is 1. The van der Waals surface area contributed by atoms with Crippen molar-refractivity contribution in [1.29, 1.82) is 0 Å². The number of aryl methyl sites for hydroxylation is 1. The Hall–Kier alpha value is -3.89. The molecule has 2 heterocycles. The number of benzene rings is 2. The van der Waals surface area contributed by atoms with E-state index in [1.54, 1.807) is 0 Å². The Bertz CT molecular complexity index is 1600. The number of hydrogen-bond acceptors (Lipinski definition) is 7. The molecule has 0 aliphatic carbocycles. The van der Waals surface area contributed by atoms with Crippen LogP contribution in [0.3, 0.4) is 0 Å². The maximum atomic E-state index is 14.0. The molecule has 39 heavy (non-hydrogen) atoms. The molecule has 4 rings (SSSR count). The Kier molecular flexibility index (Phi) is 8.57. The lowest BCUT2D eigenvalue weighted by molar-refractivity contribution is 0.165. The lowest BCUT2D eigenvalue weighted by atomic mass is 10.1. The number of methoxy groups -OCH3 is 1. The van der Waals surface area contributed by atoms with Gasteiger partial charge < -0.3 is 9.84 Å². The first kappa shape index (κ1) is 28.1. The molecule has 0 fully saturated rings. The molecule has 1 atom stereocenters. The molecule has 1 N–H and O–H groups in total. The van der Waals surface area contributed by atoms with Crippen molar-refractivity contribution in [1.82, 2.24) is 14.5 Å². The van der Waals surface area contributed by atoms with E-state index in [9.17, 15) is 22.7 Å². The second kappa shape index (κ2) is 11.9. The third kappa shape index (κ3) is 6.07. The van der Waals surface area contributed by atoms with Crippen molar-refractivity contribution >= 4 is 9.84 Å². The molecule has 0 saturated carbocycles. The number of nitrogens with zero attached hydrogens (tertiary/aromatic N) is 3. The summed E-state index contributed by atoms with van der Waals surface area (Å²) in [5.41, 5.74) is 0.848. The van der Waals surface area contributed by atoms with Gasteiger partial charge in [-0.1, -0.05) is 56.3 Å². The van der Waals surface area contributed by atoms with E-state index in [0.717, 1.165) is 11.8 Å². The highest BCUT2D eigenvalue weighted by Crippen LogP contribution is 2.29. The quantitative estimate of drug-likeness (QED) is 0.301. The van der Waals surface area contributed by atoms with Gasteiger partial charge in [-0.2, -0.15) is 4.98 Å². The van der Waals surface area contributed by atoms with Crippen LogP contribution in [0.1, 0.15) is 37.7 Å². The summed E-state index contributed by atoms with van der Waals surface area (Å²) in [6.07, 6.45) is 3.55. The average Bonchev–Trinajstić information content (AvgIpc) is 2.91. The Morgan fingerprint density at radius 2 is 1.72 bits per heavy atom. The summed E-state index contributed by atoms with van der Waals surface area (Å²) in [5.74, 6) is -0.824. The molecule has 0 saturated heterocycles. The molecule has 0 aliphatic rings. The number of rotatable bonds is 10. The highest BCUT2D eigenvalue weighted by Gasteiger charge is 2.32. The first-order chi connectivity index (χ1) is 18.6. The van der Waals surface area contributed by atoms with Gasteiger partial charge in [0.05, 0.1) is 23.7 Å². The van der Waals surface area contributed by atoms with Gasteiger partial charge in [-0.05, 0) is 41.7 Å². The lowest BCUT2D eigenvalue weighted by Gasteiger charge is -2.24. The maximum absolute atomic E-state index is 14.0. The van der Waals surface area contributed by atoms with Crippen molar-refractivity contribution in [2.45, 2.75) is 42.5 Å². The van der Waals surface area contributed by atoms with Crippen LogP contribution in [0.4, 0.5) is 4.39 Å². The Balaban J connectivity index is 1.87. The summed E-state index contributed by atoms with van der Waals surface area (Å²) in [4.78, 5) is 21.0. The Labute approximate surface area is 226 Å². The molecule has 0 bridgehead atoms. The molecule has 2 aromatic heterocycles. The third-order valence-electron chi connectivity index (χ3n) is 6.37. The first-order valence-corrected chi connectivity index (χ1v) is 14.0. The smallest absolute Gasteiger partial charge is 0.277 e. The zero-order valence-corrected chi connectivity index (χ0v) is 22.7. The van der Waals surface area contributed by atoms with Crippen LogP contribution >= 0.6 is 0 Å². The van der Waals surface area contributed by atoms with E-state index in [-0.39, 0.29) is 23.2 Å². The first-order valence-electron chi connectivity index (χ1n) is 12.5. The van der Waals surface area contributed by atoms with E-state index in [2.05, 4.69) is 9.97 Å². The van der Waals surface area contributed by atoms with Gasteiger partial charge in [-0.25, -0.2) is 12.8 Å². The minimum atomic E-state index is -4.48. The largest absolute Gasteiger partial charge is 0.492 e. The molecule has 0 unspecified atom stereocenters. The number of sulfone groups is 1. The van der Waals surface area contributed by atoms with E-state index in [0.29, 0.717) is 24.0 Å². The van der Waals surface area contributed by atoms with Gasteiger partial charge >= 0.3 is 0 Å². The van der Waals surface area contributed by atoms with E-state index < -0.39 is 38.0 Å². The average molecular weight is 552 g/mol. The summed E-state index contributed by atoms with van der Waals surface area (Å²) >= 11 is 0. The third-order valence-corrected chi connectivity index (χ3v) is 8.15. The van der Waals surface area contributed by atoms with Crippen molar-refractivity contribution in [2.24, 2.45) is 5.92 Å². The SMILES string of the molecule is COC[C@@H](c1ccccc1)n1c(CCC(C)C)nc(O)c(S(=O)(=O)c2ccc(-c3cncc(F)c3)cc2)c1=O. The number of pyridine rings is 1. The molecule has 204 valence electrons. The summed E-state index contributed by atoms with van der Waals surface area (Å²) < 4.78 is 47.8. The van der Waals surface area contributed by atoms with Gasteiger partial charge in [-0.15, -0.1) is 0 Å². The number of aromatic hydroxyl groups is 1. The normalized spacial score (nSPS) is 12.5. The summed E-state index contributed by atoms with van der Waals surface area (Å²) in [5, 5.41) is 10.8. The molecule has 4 aromatic rings. The molecule has 0 spiro atoms. The van der Waals surface area contributed by atoms with Gasteiger partial charge in [0.25, 0.3) is 5.56 Å². The van der Waals surface area contributed by atoms with Crippen molar-refractivity contribution in [2.75, 3.05) is 13.7 Å². The fraction of sp³-hybridized carbons (Fsp3) is 0.276. The minimum Gasteiger partial charge on any atom is -0.492 e. The van der Waals surface area contributed by atoms with Crippen LogP contribution in [0.15, 0.2) is 87.6 Å².